The molecule has 4 nitrogen and oxygen atoms in total. The topological polar surface area (TPSA) is 49.4 Å². The van der Waals surface area contributed by atoms with Crippen LogP contribution in [-0.2, 0) is 0 Å². The van der Waals surface area contributed by atoms with E-state index in [0.29, 0.717) is 11.3 Å². The van der Waals surface area contributed by atoms with Crippen molar-refractivity contribution in [3.05, 3.63) is 95.6 Å². The predicted molar refractivity (Wildman–Crippen MR) is 128 cm³/mol. The van der Waals surface area contributed by atoms with Gasteiger partial charge in [-0.3, -0.25) is 9.59 Å². The Balaban J connectivity index is 1.91. The minimum absolute atomic E-state index is 0.0516. The fraction of sp³-hybridized carbons (Fsp3) is 0.200. The monoisotopic (exact) mass is 590 g/mol. The zero-order valence-corrected chi connectivity index (χ0v) is 20.5. The Morgan fingerprint density at radius 3 is 1.92 bits per heavy atom. The molecule has 0 aliphatic rings. The molecule has 3 aromatic rings. The third-order valence-corrected chi connectivity index (χ3v) is 6.60. The first-order chi connectivity index (χ1) is 17.2. The van der Waals surface area contributed by atoms with Crippen molar-refractivity contribution in [3.8, 4) is 0 Å². The number of carbonyl (C=O) groups excluding carboxylic acids is 2. The van der Waals surface area contributed by atoms with E-state index in [4.69, 9.17) is 0 Å². The fourth-order valence-corrected chi connectivity index (χ4v) is 4.35. The summed E-state index contributed by atoms with van der Waals surface area (Å²) in [5.74, 6) is -1.29. The molecule has 12 heteroatoms. The van der Waals surface area contributed by atoms with E-state index in [9.17, 15) is 40.3 Å². The van der Waals surface area contributed by atoms with Gasteiger partial charge >= 0.3 is 18.0 Å². The highest BCUT2D eigenvalue weighted by Gasteiger charge is 2.76. The summed E-state index contributed by atoms with van der Waals surface area (Å²) in [7, 11) is 1.46. The van der Waals surface area contributed by atoms with Crippen LogP contribution >= 0.6 is 15.9 Å². The molecular formula is C25H18BrF7N2O2. The first kappa shape index (κ1) is 28.2. The Morgan fingerprint density at radius 1 is 0.784 bits per heavy atom. The molecule has 0 heterocycles. The van der Waals surface area contributed by atoms with E-state index in [2.05, 4.69) is 21.2 Å². The molecule has 0 aliphatic carbocycles. The first-order valence-electron chi connectivity index (χ1n) is 10.5. The number of carbonyl (C=O) groups is 2. The first-order valence-corrected chi connectivity index (χ1v) is 11.4. The van der Waals surface area contributed by atoms with Crippen LogP contribution in [0.3, 0.4) is 0 Å². The second-order valence-corrected chi connectivity index (χ2v) is 8.81. The summed E-state index contributed by atoms with van der Waals surface area (Å²) >= 11 is 2.24. The van der Waals surface area contributed by atoms with Crippen molar-refractivity contribution < 1.29 is 40.3 Å². The minimum atomic E-state index is -6.30. The number of hydrogen-bond donors (Lipinski definition) is 1. The number of rotatable bonds is 6. The highest BCUT2D eigenvalue weighted by Crippen LogP contribution is 2.57. The molecule has 3 aromatic carbocycles. The Morgan fingerprint density at radius 2 is 1.32 bits per heavy atom. The fourth-order valence-electron chi connectivity index (χ4n) is 3.44. The molecule has 1 atom stereocenters. The Bertz CT molecular complexity index is 1270. The Labute approximate surface area is 215 Å². The number of hydrogen-bond acceptors (Lipinski definition) is 2. The van der Waals surface area contributed by atoms with Crippen LogP contribution in [0.25, 0.3) is 0 Å². The van der Waals surface area contributed by atoms with Crippen molar-refractivity contribution in [1.82, 2.24) is 0 Å². The van der Waals surface area contributed by atoms with Gasteiger partial charge in [-0.15, -0.1) is 0 Å². The number of alkyl halides is 8. The van der Waals surface area contributed by atoms with Gasteiger partial charge < -0.3 is 10.2 Å². The van der Waals surface area contributed by atoms with Crippen LogP contribution in [0.5, 0.6) is 0 Å². The molecule has 196 valence electrons. The summed E-state index contributed by atoms with van der Waals surface area (Å²) in [5, 5.41) is 2.24. The van der Waals surface area contributed by atoms with E-state index < -0.39 is 40.0 Å². The number of nitrogens with one attached hydrogen (secondary N) is 1. The van der Waals surface area contributed by atoms with Crippen molar-refractivity contribution >= 4 is 39.1 Å². The average Bonchev–Trinajstić information content (AvgIpc) is 2.86. The molecule has 0 spiro atoms. The molecule has 0 aromatic heterocycles. The lowest BCUT2D eigenvalue weighted by Crippen LogP contribution is -2.55. The maximum atomic E-state index is 14.6. The average molecular weight is 591 g/mol. The van der Waals surface area contributed by atoms with Gasteiger partial charge in [0.05, 0.1) is 4.83 Å². The van der Waals surface area contributed by atoms with Crippen LogP contribution in [0.2, 0.25) is 0 Å². The van der Waals surface area contributed by atoms with Gasteiger partial charge in [-0.1, -0.05) is 58.4 Å². The molecule has 1 N–H and O–H groups in total. The van der Waals surface area contributed by atoms with Crippen LogP contribution in [0.1, 0.15) is 31.1 Å². The number of benzene rings is 3. The van der Waals surface area contributed by atoms with Gasteiger partial charge in [0.2, 0.25) is 0 Å². The highest BCUT2D eigenvalue weighted by molar-refractivity contribution is 9.09. The van der Waals surface area contributed by atoms with E-state index in [0.717, 1.165) is 18.2 Å². The Hall–Kier alpha value is -3.41. The minimum Gasteiger partial charge on any atom is -0.322 e. The van der Waals surface area contributed by atoms with Gasteiger partial charge in [0.25, 0.3) is 11.8 Å². The second-order valence-electron chi connectivity index (χ2n) is 7.89. The van der Waals surface area contributed by atoms with E-state index >= 15 is 0 Å². The number of halogens is 8. The molecule has 1 unspecified atom stereocenters. The van der Waals surface area contributed by atoms with Gasteiger partial charge in [0.15, 0.2) is 0 Å². The van der Waals surface area contributed by atoms with Crippen LogP contribution in [0.4, 0.5) is 42.1 Å². The zero-order valence-electron chi connectivity index (χ0n) is 18.9. The van der Waals surface area contributed by atoms with E-state index in [1.807, 2.05) is 0 Å². The van der Waals surface area contributed by atoms with Crippen LogP contribution in [0.15, 0.2) is 78.9 Å². The summed E-state index contributed by atoms with van der Waals surface area (Å²) in [6.45, 7) is 0. The quantitative estimate of drug-likeness (QED) is 0.239. The second kappa shape index (κ2) is 10.5. The summed E-state index contributed by atoms with van der Waals surface area (Å²) < 4.78 is 94.2. The van der Waals surface area contributed by atoms with Gasteiger partial charge in [0, 0.05) is 29.5 Å². The number of para-hydroxylation sites is 1. The molecule has 0 bridgehead atoms. The maximum Gasteiger partial charge on any atom is 0.433 e. The number of nitrogens with zero attached hydrogens (tertiary/aromatic N) is 1. The summed E-state index contributed by atoms with van der Waals surface area (Å²) in [6, 6.07) is 18.1. The van der Waals surface area contributed by atoms with Crippen molar-refractivity contribution in [1.29, 1.82) is 0 Å². The van der Waals surface area contributed by atoms with Crippen molar-refractivity contribution in [2.24, 2.45) is 0 Å². The molecule has 0 saturated carbocycles. The van der Waals surface area contributed by atoms with Crippen molar-refractivity contribution in [2.45, 2.75) is 22.8 Å². The van der Waals surface area contributed by atoms with E-state index in [1.54, 1.807) is 30.3 Å². The lowest BCUT2D eigenvalue weighted by molar-refractivity contribution is -0.341. The molecule has 37 heavy (non-hydrogen) atoms. The van der Waals surface area contributed by atoms with Crippen LogP contribution in [0, 0.1) is 0 Å². The smallest absolute Gasteiger partial charge is 0.322 e. The van der Waals surface area contributed by atoms with Crippen LogP contribution < -0.4 is 10.2 Å². The normalized spacial score (nSPS) is 13.1. The molecule has 0 aliphatic heterocycles. The van der Waals surface area contributed by atoms with Crippen molar-refractivity contribution in [2.75, 3.05) is 17.3 Å². The van der Waals surface area contributed by atoms with Gasteiger partial charge in [-0.25, -0.2) is 4.39 Å². The molecule has 0 fully saturated rings. The van der Waals surface area contributed by atoms with Gasteiger partial charge in [0.1, 0.15) is 0 Å². The zero-order chi connectivity index (χ0) is 27.6. The third-order valence-electron chi connectivity index (χ3n) is 5.48. The lowest BCUT2D eigenvalue weighted by atomic mass is 9.93. The van der Waals surface area contributed by atoms with Gasteiger partial charge in [-0.2, -0.15) is 26.3 Å². The standard InChI is InChI=1S/C25H18BrF7N2O2/c1-35(22(37)15-8-3-2-4-9-15)17-11-7-10-16(14-17)21(36)34-19-13-6-5-12-18(19)20(26)23(27,24(28,29)30)25(31,32)33/h2-14,20H,1H3,(H,34,36). The molecule has 0 radical (unpaired) electrons. The van der Waals surface area contributed by atoms with Crippen LogP contribution in [-0.4, -0.2) is 36.9 Å². The van der Waals surface area contributed by atoms with Gasteiger partial charge in [-0.05, 0) is 42.0 Å². The predicted octanol–water partition coefficient (Wildman–Crippen LogP) is 7.48. The highest BCUT2D eigenvalue weighted by atomic mass is 79.9. The van der Waals surface area contributed by atoms with E-state index in [-0.39, 0.29) is 11.5 Å². The van der Waals surface area contributed by atoms with E-state index in [1.165, 1.54) is 42.3 Å². The van der Waals surface area contributed by atoms with Crippen molar-refractivity contribution in [3.63, 3.8) is 0 Å². The number of amides is 2. The SMILES string of the molecule is CN(C(=O)c1ccccc1)c1cccc(C(=O)Nc2ccccc2C(Br)C(F)(C(F)(F)F)C(F)(F)F)c1. The molecule has 2 amide bonds. The maximum absolute atomic E-state index is 14.6. The molecule has 3 rings (SSSR count). The largest absolute Gasteiger partial charge is 0.433 e. The third kappa shape index (κ3) is 5.63. The number of anilines is 2. The summed E-state index contributed by atoms with van der Waals surface area (Å²) in [6.07, 6.45) is -12.6. The molecule has 0 saturated heterocycles. The summed E-state index contributed by atoms with van der Waals surface area (Å²) in [5.41, 5.74) is -6.26. The Kier molecular flexibility index (Phi) is 8.01. The molecular weight excluding hydrogens is 573 g/mol. The summed E-state index contributed by atoms with van der Waals surface area (Å²) in [4.78, 5) is 23.9. The lowest BCUT2D eigenvalue weighted by Gasteiger charge is -2.34.